The molecule has 0 aliphatic carbocycles. The van der Waals surface area contributed by atoms with Crippen LogP contribution in [0.4, 0.5) is 4.39 Å². The molecule has 2 rings (SSSR count). The summed E-state index contributed by atoms with van der Waals surface area (Å²) in [7, 11) is 1.52. The number of carbonyl (C=O) groups is 1. The summed E-state index contributed by atoms with van der Waals surface area (Å²) >= 11 is 0. The number of hydrogen-bond acceptors (Lipinski definition) is 3. The van der Waals surface area contributed by atoms with Crippen LogP contribution in [0.1, 0.15) is 12.0 Å². The first-order valence-corrected chi connectivity index (χ1v) is 5.56. The summed E-state index contributed by atoms with van der Waals surface area (Å²) in [4.78, 5) is 11.2. The third kappa shape index (κ3) is 3.20. The molecule has 0 saturated carbocycles. The molecule has 4 heteroatoms. The number of cyclic esters (lactones) is 1. The number of hydrogen-bond donors (Lipinski definition) is 0. The lowest BCUT2D eigenvalue weighted by molar-refractivity contribution is -0.142. The van der Waals surface area contributed by atoms with Crippen LogP contribution in [-0.2, 0) is 14.3 Å². The Bertz CT molecular complexity index is 488. The maximum Gasteiger partial charge on any atom is 0.334 e. The van der Waals surface area contributed by atoms with E-state index in [-0.39, 0.29) is 11.9 Å². The van der Waals surface area contributed by atoms with Gasteiger partial charge in [0.1, 0.15) is 17.7 Å². The second-order valence-corrected chi connectivity index (χ2v) is 3.90. The van der Waals surface area contributed by atoms with Gasteiger partial charge in [-0.15, -0.1) is 0 Å². The fourth-order valence-electron chi connectivity index (χ4n) is 1.66. The molecule has 1 heterocycles. The molecular weight excluding hydrogens is 235 g/mol. The van der Waals surface area contributed by atoms with Crippen molar-refractivity contribution in [3.05, 3.63) is 53.6 Å². The first-order chi connectivity index (χ1) is 8.67. The minimum Gasteiger partial charge on any atom is -0.501 e. The Morgan fingerprint density at radius 3 is 2.78 bits per heavy atom. The Balaban J connectivity index is 2.04. The van der Waals surface area contributed by atoms with Crippen LogP contribution in [0.3, 0.4) is 0 Å². The first-order valence-electron chi connectivity index (χ1n) is 5.56. The number of halogens is 1. The van der Waals surface area contributed by atoms with Crippen molar-refractivity contribution in [2.75, 3.05) is 7.11 Å². The second kappa shape index (κ2) is 5.49. The molecular formula is C14H13FO3. The van der Waals surface area contributed by atoms with E-state index in [1.54, 1.807) is 24.3 Å². The molecule has 0 saturated heterocycles. The standard InChI is InChI=1S/C14H13FO3/c1-17-13-8-12(18-14(16)9-13)7-4-10-2-5-11(15)6-3-10/h2-7,9,12H,8H2,1H3/t12-/m0/s1. The maximum absolute atomic E-state index is 12.7. The molecule has 0 bridgehead atoms. The van der Waals surface area contributed by atoms with Crippen LogP contribution in [0, 0.1) is 5.82 Å². The molecule has 0 N–H and O–H groups in total. The number of carbonyl (C=O) groups excluding carboxylic acids is 1. The molecule has 0 radical (unpaired) electrons. The summed E-state index contributed by atoms with van der Waals surface area (Å²) in [5.74, 6) is -0.0901. The Morgan fingerprint density at radius 1 is 1.39 bits per heavy atom. The molecule has 0 unspecified atom stereocenters. The van der Waals surface area contributed by atoms with Gasteiger partial charge in [-0.3, -0.25) is 0 Å². The number of esters is 1. The molecule has 0 amide bonds. The summed E-state index contributed by atoms with van der Waals surface area (Å²) < 4.78 is 22.9. The average molecular weight is 248 g/mol. The zero-order valence-corrected chi connectivity index (χ0v) is 9.93. The topological polar surface area (TPSA) is 35.5 Å². The predicted molar refractivity (Wildman–Crippen MR) is 65.0 cm³/mol. The highest BCUT2D eigenvalue weighted by Gasteiger charge is 2.19. The zero-order valence-electron chi connectivity index (χ0n) is 9.93. The van der Waals surface area contributed by atoms with E-state index in [1.807, 2.05) is 0 Å². The third-order valence-electron chi connectivity index (χ3n) is 2.58. The van der Waals surface area contributed by atoms with Crippen molar-refractivity contribution in [2.24, 2.45) is 0 Å². The quantitative estimate of drug-likeness (QED) is 0.771. The molecule has 0 fully saturated rings. The molecule has 1 aliphatic rings. The lowest BCUT2D eigenvalue weighted by atomic mass is 10.1. The highest BCUT2D eigenvalue weighted by atomic mass is 19.1. The monoisotopic (exact) mass is 248 g/mol. The summed E-state index contributed by atoms with van der Waals surface area (Å²) in [6.07, 6.45) is 5.05. The number of rotatable bonds is 3. The van der Waals surface area contributed by atoms with Crippen LogP contribution in [0.2, 0.25) is 0 Å². The summed E-state index contributed by atoms with van der Waals surface area (Å²) in [5.41, 5.74) is 0.848. The van der Waals surface area contributed by atoms with Gasteiger partial charge in [-0.2, -0.15) is 0 Å². The van der Waals surface area contributed by atoms with Crippen molar-refractivity contribution in [3.63, 3.8) is 0 Å². The highest BCUT2D eigenvalue weighted by molar-refractivity contribution is 5.83. The van der Waals surface area contributed by atoms with Gasteiger partial charge in [0, 0.05) is 6.42 Å². The van der Waals surface area contributed by atoms with Crippen LogP contribution in [0.25, 0.3) is 6.08 Å². The van der Waals surface area contributed by atoms with Gasteiger partial charge in [0.2, 0.25) is 0 Å². The molecule has 0 aromatic heterocycles. The predicted octanol–water partition coefficient (Wildman–Crippen LogP) is 2.68. The van der Waals surface area contributed by atoms with Gasteiger partial charge in [0.25, 0.3) is 0 Å². The summed E-state index contributed by atoms with van der Waals surface area (Å²) in [6, 6.07) is 6.08. The van der Waals surface area contributed by atoms with Crippen molar-refractivity contribution in [2.45, 2.75) is 12.5 Å². The Hall–Kier alpha value is -2.10. The van der Waals surface area contributed by atoms with Crippen molar-refractivity contribution < 1.29 is 18.7 Å². The lowest BCUT2D eigenvalue weighted by Gasteiger charge is -2.19. The molecule has 1 aliphatic heterocycles. The third-order valence-corrected chi connectivity index (χ3v) is 2.58. The van der Waals surface area contributed by atoms with Crippen LogP contribution in [0.5, 0.6) is 0 Å². The van der Waals surface area contributed by atoms with E-state index < -0.39 is 5.97 Å². The van der Waals surface area contributed by atoms with Gasteiger partial charge < -0.3 is 9.47 Å². The summed E-state index contributed by atoms with van der Waals surface area (Å²) in [5, 5.41) is 0. The first kappa shape index (κ1) is 12.4. The molecule has 1 atom stereocenters. The van der Waals surface area contributed by atoms with Crippen LogP contribution >= 0.6 is 0 Å². The minimum absolute atomic E-state index is 0.277. The molecule has 0 spiro atoms. The highest BCUT2D eigenvalue weighted by Crippen LogP contribution is 2.18. The van der Waals surface area contributed by atoms with Gasteiger partial charge in [-0.1, -0.05) is 18.2 Å². The fourth-order valence-corrected chi connectivity index (χ4v) is 1.66. The molecule has 94 valence electrons. The van der Waals surface area contributed by atoms with E-state index in [4.69, 9.17) is 9.47 Å². The van der Waals surface area contributed by atoms with Gasteiger partial charge in [0.15, 0.2) is 0 Å². The van der Waals surface area contributed by atoms with E-state index in [0.717, 1.165) is 5.56 Å². The fraction of sp³-hybridized carbons (Fsp3) is 0.214. The van der Waals surface area contributed by atoms with Gasteiger partial charge >= 0.3 is 5.97 Å². The van der Waals surface area contributed by atoms with E-state index >= 15 is 0 Å². The Kier molecular flexibility index (Phi) is 3.77. The van der Waals surface area contributed by atoms with E-state index in [0.29, 0.717) is 12.2 Å². The van der Waals surface area contributed by atoms with Crippen LogP contribution in [-0.4, -0.2) is 19.2 Å². The zero-order chi connectivity index (χ0) is 13.0. The van der Waals surface area contributed by atoms with Gasteiger partial charge in [-0.05, 0) is 23.8 Å². The molecule has 1 aromatic carbocycles. The number of benzene rings is 1. The lowest BCUT2D eigenvalue weighted by Crippen LogP contribution is -2.21. The van der Waals surface area contributed by atoms with Crippen molar-refractivity contribution in [1.82, 2.24) is 0 Å². The van der Waals surface area contributed by atoms with E-state index in [2.05, 4.69) is 0 Å². The van der Waals surface area contributed by atoms with Gasteiger partial charge in [0.05, 0.1) is 13.2 Å². The molecule has 1 aromatic rings. The molecule has 3 nitrogen and oxygen atoms in total. The Morgan fingerprint density at radius 2 is 2.11 bits per heavy atom. The van der Waals surface area contributed by atoms with E-state index in [9.17, 15) is 9.18 Å². The van der Waals surface area contributed by atoms with Crippen LogP contribution in [0.15, 0.2) is 42.2 Å². The second-order valence-electron chi connectivity index (χ2n) is 3.90. The summed E-state index contributed by atoms with van der Waals surface area (Å²) in [6.45, 7) is 0. The molecule has 18 heavy (non-hydrogen) atoms. The van der Waals surface area contributed by atoms with Crippen molar-refractivity contribution >= 4 is 12.0 Å². The maximum atomic E-state index is 12.7. The average Bonchev–Trinajstić information content (AvgIpc) is 2.37. The number of methoxy groups -OCH3 is 1. The smallest absolute Gasteiger partial charge is 0.334 e. The SMILES string of the molecule is COC1=CC(=O)O[C@@H](C=Cc2ccc(F)cc2)C1. The Labute approximate surface area is 105 Å². The number of ether oxygens (including phenoxy) is 2. The normalized spacial score (nSPS) is 19.6. The van der Waals surface area contributed by atoms with Crippen molar-refractivity contribution in [3.8, 4) is 0 Å². The van der Waals surface area contributed by atoms with Crippen LogP contribution < -0.4 is 0 Å². The van der Waals surface area contributed by atoms with Gasteiger partial charge in [-0.25, -0.2) is 9.18 Å². The minimum atomic E-state index is -0.410. The van der Waals surface area contributed by atoms with Crippen molar-refractivity contribution in [1.29, 1.82) is 0 Å². The largest absolute Gasteiger partial charge is 0.501 e. The van der Waals surface area contributed by atoms with E-state index in [1.165, 1.54) is 25.3 Å².